The number of halogens is 1. The van der Waals surface area contributed by atoms with E-state index in [2.05, 4.69) is 64.4 Å². The second-order valence-corrected chi connectivity index (χ2v) is 10.5. The minimum Gasteiger partial charge on any atom is -0.481 e. The van der Waals surface area contributed by atoms with Crippen LogP contribution in [-0.4, -0.2) is 51.4 Å². The minimum atomic E-state index is -0.493. The number of allylic oxidation sites excluding steroid dienone is 1. The molecule has 5 rings (SSSR count). The third kappa shape index (κ3) is 5.67. The SMILES string of the molecule is CN(C)c1ccc(C=C2CCCC3C2=NN(C(=O)COc2ccccc2F)C3c2ccc(N(C)C)cc2)cc1. The second-order valence-electron chi connectivity index (χ2n) is 10.5. The molecule has 1 aliphatic heterocycles. The van der Waals surface area contributed by atoms with Gasteiger partial charge in [0.15, 0.2) is 18.2 Å². The van der Waals surface area contributed by atoms with Crippen LogP contribution < -0.4 is 14.5 Å². The van der Waals surface area contributed by atoms with E-state index >= 15 is 0 Å². The summed E-state index contributed by atoms with van der Waals surface area (Å²) in [6.07, 6.45) is 5.06. The van der Waals surface area contributed by atoms with Gasteiger partial charge in [0.05, 0.1) is 11.8 Å². The largest absolute Gasteiger partial charge is 0.481 e. The fourth-order valence-corrected chi connectivity index (χ4v) is 5.35. The average molecular weight is 527 g/mol. The molecule has 7 heteroatoms. The van der Waals surface area contributed by atoms with Gasteiger partial charge < -0.3 is 14.5 Å². The number of ether oxygens (including phenoxy) is 1. The first-order valence-corrected chi connectivity index (χ1v) is 13.4. The van der Waals surface area contributed by atoms with Gasteiger partial charge in [-0.05, 0) is 78.4 Å². The van der Waals surface area contributed by atoms with Crippen molar-refractivity contribution in [2.24, 2.45) is 11.0 Å². The summed E-state index contributed by atoms with van der Waals surface area (Å²) in [5.41, 5.74) is 6.48. The van der Waals surface area contributed by atoms with Crippen LogP contribution in [0.15, 0.2) is 83.5 Å². The van der Waals surface area contributed by atoms with Crippen molar-refractivity contribution < 1.29 is 13.9 Å². The first kappa shape index (κ1) is 26.5. The molecule has 2 aliphatic rings. The first-order valence-electron chi connectivity index (χ1n) is 13.4. The van der Waals surface area contributed by atoms with Crippen LogP contribution in [0, 0.1) is 11.7 Å². The molecule has 3 aromatic carbocycles. The maximum atomic E-state index is 14.1. The third-order valence-corrected chi connectivity index (χ3v) is 7.45. The molecule has 0 N–H and O–H groups in total. The highest BCUT2D eigenvalue weighted by Gasteiger charge is 2.43. The normalized spacial score (nSPS) is 19.5. The van der Waals surface area contributed by atoms with E-state index in [9.17, 15) is 9.18 Å². The van der Waals surface area contributed by atoms with E-state index in [1.807, 2.05) is 28.2 Å². The van der Waals surface area contributed by atoms with Gasteiger partial charge >= 0.3 is 0 Å². The summed E-state index contributed by atoms with van der Waals surface area (Å²) in [5.74, 6) is -0.651. The zero-order valence-electron chi connectivity index (χ0n) is 23.0. The third-order valence-electron chi connectivity index (χ3n) is 7.45. The average Bonchev–Trinajstić information content (AvgIpc) is 3.33. The van der Waals surface area contributed by atoms with Gasteiger partial charge in [-0.15, -0.1) is 0 Å². The Morgan fingerprint density at radius 2 is 1.62 bits per heavy atom. The molecule has 1 saturated carbocycles. The molecular weight excluding hydrogens is 491 g/mol. The molecule has 0 radical (unpaired) electrons. The summed E-state index contributed by atoms with van der Waals surface area (Å²) in [7, 11) is 8.06. The molecular formula is C32H35FN4O2. The van der Waals surface area contributed by atoms with Crippen molar-refractivity contribution in [3.8, 4) is 5.75 Å². The number of para-hydroxylation sites is 1. The maximum Gasteiger partial charge on any atom is 0.281 e. The van der Waals surface area contributed by atoms with E-state index in [0.717, 1.165) is 53.0 Å². The molecule has 202 valence electrons. The van der Waals surface area contributed by atoms with Gasteiger partial charge in [0.2, 0.25) is 0 Å². The number of fused-ring (bicyclic) bond motifs is 1. The van der Waals surface area contributed by atoms with Gasteiger partial charge in [0.25, 0.3) is 5.91 Å². The highest BCUT2D eigenvalue weighted by atomic mass is 19.1. The van der Waals surface area contributed by atoms with E-state index in [1.54, 1.807) is 17.1 Å². The lowest BCUT2D eigenvalue weighted by Crippen LogP contribution is -2.34. The maximum absolute atomic E-state index is 14.1. The summed E-state index contributed by atoms with van der Waals surface area (Å²) in [4.78, 5) is 17.7. The number of hydrogen-bond donors (Lipinski definition) is 0. The highest BCUT2D eigenvalue weighted by Crippen LogP contribution is 2.44. The molecule has 1 aliphatic carbocycles. The predicted molar refractivity (Wildman–Crippen MR) is 156 cm³/mol. The molecule has 0 spiro atoms. The molecule has 39 heavy (non-hydrogen) atoms. The Morgan fingerprint density at radius 1 is 0.974 bits per heavy atom. The highest BCUT2D eigenvalue weighted by molar-refractivity contribution is 6.08. The molecule has 3 aromatic rings. The Hall–Kier alpha value is -4.13. The van der Waals surface area contributed by atoms with E-state index in [4.69, 9.17) is 9.84 Å². The number of rotatable bonds is 7. The molecule has 0 bridgehead atoms. The van der Waals surface area contributed by atoms with E-state index in [-0.39, 0.29) is 30.2 Å². The van der Waals surface area contributed by atoms with E-state index in [0.29, 0.717) is 0 Å². The van der Waals surface area contributed by atoms with Gasteiger partial charge in [-0.3, -0.25) is 4.79 Å². The molecule has 0 aromatic heterocycles. The summed E-state index contributed by atoms with van der Waals surface area (Å²) >= 11 is 0. The fraction of sp³-hybridized carbons (Fsp3) is 0.312. The van der Waals surface area contributed by atoms with Crippen molar-refractivity contribution in [1.82, 2.24) is 5.01 Å². The van der Waals surface area contributed by atoms with Crippen LogP contribution in [0.1, 0.15) is 36.4 Å². The second kappa shape index (κ2) is 11.3. The Kier molecular flexibility index (Phi) is 7.68. The summed E-state index contributed by atoms with van der Waals surface area (Å²) in [6.45, 7) is -0.290. The van der Waals surface area contributed by atoms with Crippen molar-refractivity contribution >= 4 is 29.1 Å². The van der Waals surface area contributed by atoms with Crippen LogP contribution in [0.2, 0.25) is 0 Å². The van der Waals surface area contributed by atoms with Gasteiger partial charge in [0, 0.05) is 45.5 Å². The molecule has 6 nitrogen and oxygen atoms in total. The minimum absolute atomic E-state index is 0.0590. The summed E-state index contributed by atoms with van der Waals surface area (Å²) in [5, 5.41) is 6.49. The molecule has 2 atom stereocenters. The van der Waals surface area contributed by atoms with E-state index in [1.165, 1.54) is 12.1 Å². The Morgan fingerprint density at radius 3 is 2.26 bits per heavy atom. The summed E-state index contributed by atoms with van der Waals surface area (Å²) < 4.78 is 19.7. The standard InChI is InChI=1S/C32H35FN4O2/c1-35(2)25-16-12-22(13-17-25)20-24-8-7-9-27-31(24)34-37(30(38)21-39-29-11-6-5-10-28(29)33)32(27)23-14-18-26(19-15-23)36(3)4/h5-6,10-20,27,32H,7-9,21H2,1-4H3. The van der Waals surface area contributed by atoms with Crippen LogP contribution >= 0.6 is 0 Å². The lowest BCUT2D eigenvalue weighted by molar-refractivity contribution is -0.135. The number of nitrogens with zero attached hydrogens (tertiary/aromatic N) is 4. The van der Waals surface area contributed by atoms with Crippen molar-refractivity contribution in [3.05, 3.63) is 95.3 Å². The van der Waals surface area contributed by atoms with Gasteiger partial charge in [0.1, 0.15) is 0 Å². The molecule has 1 amide bonds. The van der Waals surface area contributed by atoms with Gasteiger partial charge in [-0.25, -0.2) is 9.40 Å². The number of carbonyl (C=O) groups excluding carboxylic acids is 1. The predicted octanol–water partition coefficient (Wildman–Crippen LogP) is 6.16. The summed E-state index contributed by atoms with van der Waals surface area (Å²) in [6, 6.07) is 22.6. The van der Waals surface area contributed by atoms with Crippen LogP contribution in [0.3, 0.4) is 0 Å². The zero-order chi connectivity index (χ0) is 27.5. The molecule has 1 fully saturated rings. The van der Waals surface area contributed by atoms with Crippen LogP contribution in [-0.2, 0) is 4.79 Å². The number of amides is 1. The molecule has 0 saturated heterocycles. The van der Waals surface area contributed by atoms with Crippen molar-refractivity contribution in [2.45, 2.75) is 25.3 Å². The Balaban J connectivity index is 1.47. The number of hydrogen-bond acceptors (Lipinski definition) is 5. The lowest BCUT2D eigenvalue weighted by atomic mass is 9.77. The number of hydrazone groups is 1. The number of carbonyl (C=O) groups is 1. The van der Waals surface area contributed by atoms with Crippen molar-refractivity contribution in [1.29, 1.82) is 0 Å². The number of benzene rings is 3. The van der Waals surface area contributed by atoms with E-state index < -0.39 is 5.82 Å². The van der Waals surface area contributed by atoms with Crippen LogP contribution in [0.5, 0.6) is 5.75 Å². The Bertz CT molecular complexity index is 1380. The van der Waals surface area contributed by atoms with Crippen molar-refractivity contribution in [3.63, 3.8) is 0 Å². The fourth-order valence-electron chi connectivity index (χ4n) is 5.35. The van der Waals surface area contributed by atoms with Crippen LogP contribution in [0.4, 0.5) is 15.8 Å². The first-order chi connectivity index (χ1) is 18.8. The van der Waals surface area contributed by atoms with Gasteiger partial charge in [-0.2, -0.15) is 5.10 Å². The molecule has 2 unspecified atom stereocenters. The topological polar surface area (TPSA) is 48.4 Å². The lowest BCUT2D eigenvalue weighted by Gasteiger charge is -2.30. The quantitative estimate of drug-likeness (QED) is 0.370. The van der Waals surface area contributed by atoms with Gasteiger partial charge in [-0.1, -0.05) is 36.4 Å². The smallest absolute Gasteiger partial charge is 0.281 e. The van der Waals surface area contributed by atoms with Crippen molar-refractivity contribution in [2.75, 3.05) is 44.6 Å². The molecule has 1 heterocycles. The monoisotopic (exact) mass is 526 g/mol. The van der Waals surface area contributed by atoms with Crippen LogP contribution in [0.25, 0.3) is 6.08 Å². The Labute approximate surface area is 230 Å². The number of anilines is 2. The zero-order valence-corrected chi connectivity index (χ0v) is 23.0.